The van der Waals surface area contributed by atoms with Gasteiger partial charge in [-0.15, -0.1) is 10.2 Å². The summed E-state index contributed by atoms with van der Waals surface area (Å²) >= 11 is 0. The molecule has 112 valence electrons. The molecule has 2 heterocycles. The van der Waals surface area contributed by atoms with Gasteiger partial charge in [0.2, 0.25) is 0 Å². The molecule has 22 heavy (non-hydrogen) atoms. The minimum absolute atomic E-state index is 0.00531. The maximum absolute atomic E-state index is 13.6. The van der Waals surface area contributed by atoms with Crippen molar-refractivity contribution in [1.29, 1.82) is 0 Å². The van der Waals surface area contributed by atoms with E-state index < -0.39 is 29.1 Å². The van der Waals surface area contributed by atoms with Gasteiger partial charge in [-0.1, -0.05) is 12.1 Å². The fourth-order valence-electron chi connectivity index (χ4n) is 1.87. The lowest BCUT2D eigenvalue weighted by Gasteiger charge is -2.08. The third kappa shape index (κ3) is 2.54. The number of aromatic nitrogens is 3. The van der Waals surface area contributed by atoms with Crippen LogP contribution in [-0.4, -0.2) is 15.2 Å². The van der Waals surface area contributed by atoms with Gasteiger partial charge in [0.05, 0.1) is 11.1 Å². The van der Waals surface area contributed by atoms with Crippen LogP contribution in [0.5, 0.6) is 0 Å². The molecule has 0 fully saturated rings. The Hall–Kier alpha value is -2.77. The Balaban J connectivity index is 2.08. The third-order valence-corrected chi connectivity index (χ3v) is 2.84. The van der Waals surface area contributed by atoms with Crippen LogP contribution in [0.1, 0.15) is 5.56 Å². The van der Waals surface area contributed by atoms with Gasteiger partial charge in [0.25, 0.3) is 11.8 Å². The molecule has 0 saturated heterocycles. The van der Waals surface area contributed by atoms with Gasteiger partial charge in [-0.25, -0.2) is 4.39 Å². The molecule has 0 N–H and O–H groups in total. The van der Waals surface area contributed by atoms with Crippen LogP contribution >= 0.6 is 0 Å². The number of alkyl halides is 3. The van der Waals surface area contributed by atoms with Crippen molar-refractivity contribution >= 4 is 0 Å². The van der Waals surface area contributed by atoms with E-state index in [4.69, 9.17) is 4.42 Å². The average molecular weight is 309 g/mol. The number of hydrogen-bond acceptors (Lipinski definition) is 4. The Kier molecular flexibility index (Phi) is 3.36. The Morgan fingerprint density at radius 2 is 1.64 bits per heavy atom. The molecular weight excluding hydrogens is 302 g/mol. The highest BCUT2D eigenvalue weighted by atomic mass is 19.4. The minimum atomic E-state index is -4.61. The molecule has 0 aliphatic carbocycles. The Bertz CT molecular complexity index is 814. The predicted octanol–water partition coefficient (Wildman–Crippen LogP) is 3.96. The molecule has 0 spiro atoms. The first-order valence-corrected chi connectivity index (χ1v) is 6.08. The van der Waals surface area contributed by atoms with Crippen molar-refractivity contribution in [2.45, 2.75) is 6.18 Å². The van der Waals surface area contributed by atoms with Crippen LogP contribution in [0.3, 0.4) is 0 Å². The first kappa shape index (κ1) is 14.2. The van der Waals surface area contributed by atoms with Gasteiger partial charge in [0, 0.05) is 6.20 Å². The van der Waals surface area contributed by atoms with Gasteiger partial charge in [0.1, 0.15) is 11.5 Å². The van der Waals surface area contributed by atoms with Crippen molar-refractivity contribution in [3.8, 4) is 23.0 Å². The lowest BCUT2D eigenvalue weighted by molar-refractivity contribution is -0.137. The van der Waals surface area contributed by atoms with Crippen molar-refractivity contribution in [3.63, 3.8) is 0 Å². The summed E-state index contributed by atoms with van der Waals surface area (Å²) in [6.07, 6.45) is -3.44. The predicted molar refractivity (Wildman–Crippen MR) is 67.9 cm³/mol. The zero-order valence-electron chi connectivity index (χ0n) is 10.8. The number of nitrogens with zero attached hydrogens (tertiary/aromatic N) is 3. The lowest BCUT2D eigenvalue weighted by atomic mass is 10.2. The second-order valence-corrected chi connectivity index (χ2v) is 4.29. The number of rotatable bonds is 2. The van der Waals surface area contributed by atoms with E-state index >= 15 is 0 Å². The van der Waals surface area contributed by atoms with E-state index in [1.807, 2.05) is 0 Å². The molecule has 0 atom stereocenters. The molecular formula is C14H7F4N3O. The fraction of sp³-hybridized carbons (Fsp3) is 0.0714. The van der Waals surface area contributed by atoms with E-state index in [-0.39, 0.29) is 11.5 Å². The topological polar surface area (TPSA) is 51.8 Å². The molecule has 0 amide bonds. The molecule has 0 radical (unpaired) electrons. The number of halogens is 4. The molecule has 8 heteroatoms. The highest BCUT2D eigenvalue weighted by molar-refractivity contribution is 5.58. The highest BCUT2D eigenvalue weighted by Crippen LogP contribution is 2.35. The molecule has 2 aromatic heterocycles. The Labute approximate surface area is 121 Å². The van der Waals surface area contributed by atoms with Crippen molar-refractivity contribution < 1.29 is 22.0 Å². The third-order valence-electron chi connectivity index (χ3n) is 2.84. The summed E-state index contributed by atoms with van der Waals surface area (Å²) < 4.78 is 57.6. The lowest BCUT2D eigenvalue weighted by Crippen LogP contribution is -2.08. The Morgan fingerprint density at radius 3 is 2.36 bits per heavy atom. The second kappa shape index (κ2) is 5.21. The van der Waals surface area contributed by atoms with Gasteiger partial charge in [-0.2, -0.15) is 13.2 Å². The summed E-state index contributed by atoms with van der Waals surface area (Å²) in [4.78, 5) is 3.63. The van der Waals surface area contributed by atoms with Crippen LogP contribution in [0.15, 0.2) is 47.0 Å². The van der Waals surface area contributed by atoms with Crippen LogP contribution in [0.2, 0.25) is 0 Å². The highest BCUT2D eigenvalue weighted by Gasteiger charge is 2.35. The van der Waals surface area contributed by atoms with E-state index in [1.54, 1.807) is 6.07 Å². The largest absolute Gasteiger partial charge is 0.418 e. The van der Waals surface area contributed by atoms with Gasteiger partial charge >= 0.3 is 6.18 Å². The quantitative estimate of drug-likeness (QED) is 0.672. The Morgan fingerprint density at radius 1 is 0.909 bits per heavy atom. The van der Waals surface area contributed by atoms with E-state index in [0.29, 0.717) is 0 Å². The normalized spacial score (nSPS) is 11.6. The monoisotopic (exact) mass is 309 g/mol. The van der Waals surface area contributed by atoms with Crippen LogP contribution in [0, 0.1) is 5.82 Å². The standard InChI is InChI=1S/C14H7F4N3O/c15-10-6-2-1-4-8(10)12-20-21-13(22-12)11-9(14(16,17)18)5-3-7-19-11/h1-7H. The van der Waals surface area contributed by atoms with Crippen LogP contribution in [0.4, 0.5) is 17.6 Å². The van der Waals surface area contributed by atoms with Gasteiger partial charge in [-0.3, -0.25) is 4.98 Å². The van der Waals surface area contributed by atoms with Crippen LogP contribution in [-0.2, 0) is 6.18 Å². The number of pyridine rings is 1. The van der Waals surface area contributed by atoms with Gasteiger partial charge in [0.15, 0.2) is 0 Å². The molecule has 0 saturated carbocycles. The first-order chi connectivity index (χ1) is 10.5. The molecule has 3 rings (SSSR count). The summed E-state index contributed by atoms with van der Waals surface area (Å²) in [6.45, 7) is 0. The molecule has 3 aromatic rings. The number of benzene rings is 1. The van der Waals surface area contributed by atoms with Crippen molar-refractivity contribution in [1.82, 2.24) is 15.2 Å². The summed E-state index contributed by atoms with van der Waals surface area (Å²) in [5.41, 5.74) is -1.49. The zero-order chi connectivity index (χ0) is 15.7. The maximum Gasteiger partial charge on any atom is 0.418 e. The van der Waals surface area contributed by atoms with E-state index in [0.717, 1.165) is 12.1 Å². The fourth-order valence-corrected chi connectivity index (χ4v) is 1.87. The molecule has 0 bridgehead atoms. The van der Waals surface area contributed by atoms with E-state index in [1.165, 1.54) is 24.4 Å². The van der Waals surface area contributed by atoms with Gasteiger partial charge < -0.3 is 4.42 Å². The summed E-state index contributed by atoms with van der Waals surface area (Å²) in [5.74, 6) is -1.26. The minimum Gasteiger partial charge on any atom is -0.414 e. The summed E-state index contributed by atoms with van der Waals surface area (Å²) in [5, 5.41) is 7.12. The van der Waals surface area contributed by atoms with E-state index in [9.17, 15) is 17.6 Å². The summed E-state index contributed by atoms with van der Waals surface area (Å²) in [7, 11) is 0. The molecule has 4 nitrogen and oxygen atoms in total. The second-order valence-electron chi connectivity index (χ2n) is 4.29. The first-order valence-electron chi connectivity index (χ1n) is 6.08. The molecule has 0 unspecified atom stereocenters. The van der Waals surface area contributed by atoms with Crippen molar-refractivity contribution in [3.05, 3.63) is 54.0 Å². The SMILES string of the molecule is Fc1ccccc1-c1nnc(-c2ncccc2C(F)(F)F)o1. The van der Waals surface area contributed by atoms with Crippen LogP contribution in [0.25, 0.3) is 23.0 Å². The average Bonchev–Trinajstić information content (AvgIpc) is 2.96. The van der Waals surface area contributed by atoms with E-state index in [2.05, 4.69) is 15.2 Å². The molecule has 0 aliphatic heterocycles. The summed E-state index contributed by atoms with van der Waals surface area (Å²) in [6, 6.07) is 7.59. The molecule has 0 aliphatic rings. The van der Waals surface area contributed by atoms with Gasteiger partial charge in [-0.05, 0) is 24.3 Å². The van der Waals surface area contributed by atoms with Crippen LogP contribution < -0.4 is 0 Å². The smallest absolute Gasteiger partial charge is 0.414 e. The molecule has 1 aromatic carbocycles. The van der Waals surface area contributed by atoms with Crippen molar-refractivity contribution in [2.75, 3.05) is 0 Å². The zero-order valence-corrected chi connectivity index (χ0v) is 10.8. The maximum atomic E-state index is 13.6. The number of hydrogen-bond donors (Lipinski definition) is 0. The van der Waals surface area contributed by atoms with Crippen molar-refractivity contribution in [2.24, 2.45) is 0 Å².